The first-order valence-electron chi connectivity index (χ1n) is 15.2. The summed E-state index contributed by atoms with van der Waals surface area (Å²) in [6.45, 7) is 4.10. The SMILES string of the molecule is COc1ccnc(C(=O)NC2COC(=O)[C@H](Cc3ccccc3)C(OC(=O)C(C)C)[C@H](C)OC2=O)c1OC(=O)c1ccc(OC(Cl)(Cl)Cl)cc1. The summed E-state index contributed by atoms with van der Waals surface area (Å²) in [5.74, 6) is -6.12. The number of hydrogen-bond donors (Lipinski definition) is 1. The molecule has 0 spiro atoms. The number of halogens is 3. The van der Waals surface area contributed by atoms with E-state index in [9.17, 15) is 24.0 Å². The number of benzene rings is 2. The van der Waals surface area contributed by atoms with Gasteiger partial charge in [-0.25, -0.2) is 14.6 Å². The highest BCUT2D eigenvalue weighted by Crippen LogP contribution is 2.32. The van der Waals surface area contributed by atoms with Gasteiger partial charge in [0.25, 0.3) is 5.91 Å². The number of hydrogen-bond acceptors (Lipinski definition) is 12. The van der Waals surface area contributed by atoms with Gasteiger partial charge in [-0.05, 0) is 78.0 Å². The van der Waals surface area contributed by atoms with Crippen molar-refractivity contribution in [2.24, 2.45) is 11.8 Å². The summed E-state index contributed by atoms with van der Waals surface area (Å²) in [4.78, 5) is 70.3. The average molecular weight is 752 g/mol. The van der Waals surface area contributed by atoms with Crippen molar-refractivity contribution in [3.8, 4) is 17.2 Å². The zero-order valence-corrected chi connectivity index (χ0v) is 29.5. The number of nitrogens with one attached hydrogen (secondary N) is 1. The van der Waals surface area contributed by atoms with Crippen LogP contribution in [0.25, 0.3) is 0 Å². The van der Waals surface area contributed by atoms with Crippen molar-refractivity contribution in [2.75, 3.05) is 13.7 Å². The number of methoxy groups -OCH3 is 1. The molecule has 3 aromatic rings. The monoisotopic (exact) mass is 750 g/mol. The van der Waals surface area contributed by atoms with E-state index in [1.54, 1.807) is 38.1 Å². The maximum absolute atomic E-state index is 13.6. The molecule has 4 atom stereocenters. The molecule has 0 aliphatic carbocycles. The van der Waals surface area contributed by atoms with E-state index in [1.165, 1.54) is 50.6 Å². The number of cyclic esters (lactones) is 2. The number of ether oxygens (including phenoxy) is 6. The second-order valence-corrected chi connectivity index (χ2v) is 13.5. The van der Waals surface area contributed by atoms with Crippen LogP contribution in [0, 0.1) is 11.8 Å². The van der Waals surface area contributed by atoms with E-state index in [2.05, 4.69) is 10.3 Å². The topological polar surface area (TPSA) is 166 Å². The number of nitrogens with zero attached hydrogens (tertiary/aromatic N) is 1. The van der Waals surface area contributed by atoms with Gasteiger partial charge < -0.3 is 33.7 Å². The zero-order valence-electron chi connectivity index (χ0n) is 27.2. The quantitative estimate of drug-likeness (QED) is 0.167. The third-order valence-corrected chi connectivity index (χ3v) is 7.52. The number of aromatic nitrogens is 1. The number of rotatable bonds is 10. The molecule has 0 bridgehead atoms. The average Bonchev–Trinajstić information content (AvgIpc) is 3.10. The number of carbonyl (C=O) groups is 5. The van der Waals surface area contributed by atoms with Crippen LogP contribution in [0.15, 0.2) is 66.9 Å². The first kappa shape index (κ1) is 38.2. The number of carbonyl (C=O) groups excluding carboxylic acids is 5. The zero-order chi connectivity index (χ0) is 36.6. The van der Waals surface area contributed by atoms with Gasteiger partial charge in [-0.1, -0.05) is 44.2 Å². The van der Waals surface area contributed by atoms with Gasteiger partial charge in [-0.3, -0.25) is 14.4 Å². The number of pyridine rings is 1. The Kier molecular flexibility index (Phi) is 12.9. The molecule has 1 saturated heterocycles. The predicted molar refractivity (Wildman–Crippen MR) is 179 cm³/mol. The highest BCUT2D eigenvalue weighted by Gasteiger charge is 2.42. The van der Waals surface area contributed by atoms with E-state index < -0.39 is 76.1 Å². The molecule has 1 aromatic heterocycles. The lowest BCUT2D eigenvalue weighted by Crippen LogP contribution is -2.47. The normalized spacial score (nSPS) is 19.5. The van der Waals surface area contributed by atoms with Crippen LogP contribution in [0.3, 0.4) is 0 Å². The van der Waals surface area contributed by atoms with Crippen molar-refractivity contribution in [1.29, 1.82) is 0 Å². The largest absolute Gasteiger partial charge is 0.493 e. The van der Waals surface area contributed by atoms with Crippen molar-refractivity contribution < 1.29 is 52.4 Å². The van der Waals surface area contributed by atoms with Crippen LogP contribution >= 0.6 is 34.8 Å². The highest BCUT2D eigenvalue weighted by molar-refractivity contribution is 6.66. The van der Waals surface area contributed by atoms with E-state index in [-0.39, 0.29) is 29.2 Å². The molecule has 0 radical (unpaired) electrons. The fourth-order valence-corrected chi connectivity index (χ4v) is 5.04. The molecule has 266 valence electrons. The van der Waals surface area contributed by atoms with E-state index in [1.807, 2.05) is 6.07 Å². The van der Waals surface area contributed by atoms with Crippen molar-refractivity contribution in [2.45, 2.75) is 49.4 Å². The molecule has 1 aliphatic heterocycles. The van der Waals surface area contributed by atoms with Crippen molar-refractivity contribution in [3.63, 3.8) is 0 Å². The Morgan fingerprint density at radius 3 is 2.30 bits per heavy atom. The van der Waals surface area contributed by atoms with E-state index >= 15 is 0 Å². The molecule has 1 fully saturated rings. The molecule has 2 aromatic carbocycles. The maximum Gasteiger partial charge on any atom is 0.343 e. The van der Waals surface area contributed by atoms with Crippen molar-refractivity contribution in [3.05, 3.63) is 83.7 Å². The summed E-state index contributed by atoms with van der Waals surface area (Å²) in [6, 6.07) is 14.2. The van der Waals surface area contributed by atoms with Crippen LogP contribution in [0.1, 0.15) is 47.2 Å². The second-order valence-electron chi connectivity index (χ2n) is 11.3. The summed E-state index contributed by atoms with van der Waals surface area (Å²) < 4.78 is 30.7. The van der Waals surface area contributed by atoms with Crippen molar-refractivity contribution in [1.82, 2.24) is 10.3 Å². The summed E-state index contributed by atoms with van der Waals surface area (Å²) >= 11 is 16.9. The second kappa shape index (κ2) is 16.9. The van der Waals surface area contributed by atoms with Crippen LogP contribution < -0.4 is 19.5 Å². The minimum Gasteiger partial charge on any atom is -0.493 e. The Bertz CT molecular complexity index is 1700. The molecular formula is C34H33Cl3N2O11. The minimum atomic E-state index is -2.03. The summed E-state index contributed by atoms with van der Waals surface area (Å²) in [5, 5.41) is 2.43. The summed E-state index contributed by atoms with van der Waals surface area (Å²) in [7, 11) is 1.28. The van der Waals surface area contributed by atoms with Gasteiger partial charge in [0.05, 0.1) is 18.6 Å². The molecule has 1 aliphatic rings. The number of alkyl halides is 3. The molecule has 13 nitrogen and oxygen atoms in total. The molecule has 2 unspecified atom stereocenters. The van der Waals surface area contributed by atoms with Crippen LogP contribution in [-0.2, 0) is 35.0 Å². The van der Waals surface area contributed by atoms with Gasteiger partial charge in [0.2, 0.25) is 5.75 Å². The lowest BCUT2D eigenvalue weighted by Gasteiger charge is -2.29. The lowest BCUT2D eigenvalue weighted by atomic mass is 9.91. The first-order valence-corrected chi connectivity index (χ1v) is 16.3. The lowest BCUT2D eigenvalue weighted by molar-refractivity contribution is -0.176. The van der Waals surface area contributed by atoms with Crippen LogP contribution in [-0.4, -0.2) is 70.7 Å². The third kappa shape index (κ3) is 10.2. The molecular weight excluding hydrogens is 719 g/mol. The van der Waals surface area contributed by atoms with Gasteiger partial charge in [0.1, 0.15) is 24.4 Å². The van der Waals surface area contributed by atoms with Crippen LogP contribution in [0.4, 0.5) is 0 Å². The first-order chi connectivity index (χ1) is 23.7. The fraction of sp³-hybridized carbons (Fsp3) is 0.353. The van der Waals surface area contributed by atoms with Gasteiger partial charge in [0, 0.05) is 12.3 Å². The summed E-state index contributed by atoms with van der Waals surface area (Å²) in [5.41, 5.74) is 0.338. The highest BCUT2D eigenvalue weighted by atomic mass is 35.6. The van der Waals surface area contributed by atoms with Gasteiger partial charge in [0.15, 0.2) is 23.6 Å². The Labute approximate surface area is 302 Å². The third-order valence-electron chi connectivity index (χ3n) is 7.29. The molecule has 1 N–H and O–H groups in total. The van der Waals surface area contributed by atoms with Crippen LogP contribution in [0.2, 0.25) is 0 Å². The minimum absolute atomic E-state index is 0.0254. The molecule has 2 heterocycles. The number of amides is 1. The fourth-order valence-electron chi connectivity index (χ4n) is 4.77. The Balaban J connectivity index is 1.57. The smallest absolute Gasteiger partial charge is 0.343 e. The van der Waals surface area contributed by atoms with E-state index in [0.29, 0.717) is 0 Å². The van der Waals surface area contributed by atoms with Crippen LogP contribution in [0.5, 0.6) is 17.2 Å². The van der Waals surface area contributed by atoms with E-state index in [0.717, 1.165) is 5.56 Å². The Morgan fingerprint density at radius 2 is 1.68 bits per heavy atom. The molecule has 1 amide bonds. The molecule has 4 rings (SSSR count). The maximum atomic E-state index is 13.6. The van der Waals surface area contributed by atoms with Gasteiger partial charge in [-0.15, -0.1) is 0 Å². The van der Waals surface area contributed by atoms with Gasteiger partial charge in [-0.2, -0.15) is 0 Å². The Morgan fingerprint density at radius 1 is 1.00 bits per heavy atom. The predicted octanol–water partition coefficient (Wildman–Crippen LogP) is 5.03. The van der Waals surface area contributed by atoms with Crippen molar-refractivity contribution >= 4 is 64.6 Å². The Hall–Kier alpha value is -4.59. The van der Waals surface area contributed by atoms with Gasteiger partial charge >= 0.3 is 27.9 Å². The van der Waals surface area contributed by atoms with E-state index in [4.69, 9.17) is 63.2 Å². The molecule has 0 saturated carbocycles. The summed E-state index contributed by atoms with van der Waals surface area (Å²) in [6.07, 6.45) is -0.994. The molecule has 16 heteroatoms. The molecule has 50 heavy (non-hydrogen) atoms. The number of esters is 4. The standard InChI is InChI=1S/C34H33Cl3N2O11/c1-18(2)30(41)48-27-19(3)47-33(44)24(17-46-32(43)23(27)16-20-8-6-5-7-9-20)39-29(40)26-28(25(45-4)14-15-38-26)49-31(42)21-10-12-22(13-11-21)50-34(35,36)37/h5-15,18-19,23-24,27H,16-17H2,1-4H3,(H,39,40)/t19-,23+,24?,27?/m0/s1.